The highest BCUT2D eigenvalue weighted by Gasteiger charge is 2.12. The number of hydrogen-bond donors (Lipinski definition) is 0. The lowest BCUT2D eigenvalue weighted by molar-refractivity contribution is 0.371. The second-order valence-corrected chi connectivity index (χ2v) is 4.78. The Kier molecular flexibility index (Phi) is 3.37. The monoisotopic (exact) mass is 271 g/mol. The highest BCUT2D eigenvalue weighted by molar-refractivity contribution is 5.44. The minimum absolute atomic E-state index is 0.610. The minimum Gasteiger partial charge on any atom is -0.359 e. The molecule has 0 spiro atoms. The van der Waals surface area contributed by atoms with Crippen molar-refractivity contribution in [1.29, 1.82) is 0 Å². The largest absolute Gasteiger partial charge is 0.359 e. The lowest BCUT2D eigenvalue weighted by Crippen LogP contribution is -2.03. The molecule has 0 bridgehead atoms. The van der Waals surface area contributed by atoms with Crippen LogP contribution in [0.5, 0.6) is 0 Å². The molecular weight excluding hydrogens is 254 g/mol. The summed E-state index contributed by atoms with van der Waals surface area (Å²) in [7, 11) is 1.95. The Hall–Kier alpha value is -2.37. The molecule has 0 amide bonds. The molecule has 3 aromatic rings. The van der Waals surface area contributed by atoms with E-state index in [9.17, 15) is 0 Å². The maximum atomic E-state index is 5.37. The number of imidazole rings is 2. The van der Waals surface area contributed by atoms with Crippen LogP contribution in [0, 0.1) is 0 Å². The zero-order valence-corrected chi connectivity index (χ0v) is 11.7. The van der Waals surface area contributed by atoms with Crippen LogP contribution in [0.15, 0.2) is 35.4 Å². The Labute approximate surface area is 117 Å². The maximum absolute atomic E-state index is 5.37. The van der Waals surface area contributed by atoms with E-state index in [4.69, 9.17) is 4.52 Å². The molecule has 6 nitrogen and oxygen atoms in total. The van der Waals surface area contributed by atoms with Crippen LogP contribution in [-0.2, 0) is 20.0 Å². The Morgan fingerprint density at radius 2 is 1.95 bits per heavy atom. The Morgan fingerprint density at radius 1 is 1.15 bits per heavy atom. The van der Waals surface area contributed by atoms with Crippen molar-refractivity contribution in [2.75, 3.05) is 0 Å². The molecule has 0 aliphatic rings. The Morgan fingerprint density at radius 3 is 2.70 bits per heavy atom. The van der Waals surface area contributed by atoms with E-state index in [-0.39, 0.29) is 0 Å². The molecule has 3 aromatic heterocycles. The molecule has 0 fully saturated rings. The van der Waals surface area contributed by atoms with Gasteiger partial charge in [-0.15, -0.1) is 0 Å². The molecule has 0 atom stereocenters. The van der Waals surface area contributed by atoms with Crippen LogP contribution in [0.4, 0.5) is 0 Å². The summed E-state index contributed by atoms with van der Waals surface area (Å²) in [4.78, 5) is 8.70. The molecule has 104 valence electrons. The van der Waals surface area contributed by atoms with E-state index in [2.05, 4.69) is 22.0 Å². The lowest BCUT2D eigenvalue weighted by Gasteiger charge is -2.05. The zero-order valence-electron chi connectivity index (χ0n) is 11.7. The van der Waals surface area contributed by atoms with Crippen molar-refractivity contribution in [3.05, 3.63) is 42.3 Å². The van der Waals surface area contributed by atoms with E-state index in [1.807, 2.05) is 34.6 Å². The van der Waals surface area contributed by atoms with Crippen LogP contribution in [0.2, 0.25) is 0 Å². The first-order valence-electron chi connectivity index (χ1n) is 6.71. The van der Waals surface area contributed by atoms with Crippen molar-refractivity contribution in [3.63, 3.8) is 0 Å². The molecule has 0 unspecified atom stereocenters. The highest BCUT2D eigenvalue weighted by atomic mass is 16.5. The van der Waals surface area contributed by atoms with Crippen molar-refractivity contribution < 1.29 is 4.52 Å². The summed E-state index contributed by atoms with van der Waals surface area (Å²) in [5.74, 6) is 2.50. The van der Waals surface area contributed by atoms with Crippen molar-refractivity contribution in [2.45, 2.75) is 26.3 Å². The number of rotatable bonds is 5. The molecule has 0 saturated carbocycles. The maximum Gasteiger partial charge on any atom is 0.176 e. The van der Waals surface area contributed by atoms with Gasteiger partial charge >= 0.3 is 0 Å². The topological polar surface area (TPSA) is 61.7 Å². The van der Waals surface area contributed by atoms with Crippen molar-refractivity contribution in [2.24, 2.45) is 7.05 Å². The molecule has 6 heteroatoms. The predicted octanol–water partition coefficient (Wildman–Crippen LogP) is 2.27. The third-order valence-electron chi connectivity index (χ3n) is 3.18. The van der Waals surface area contributed by atoms with E-state index in [1.165, 1.54) is 0 Å². The third-order valence-corrected chi connectivity index (χ3v) is 3.18. The van der Waals surface area contributed by atoms with E-state index >= 15 is 0 Å². The summed E-state index contributed by atoms with van der Waals surface area (Å²) in [5.41, 5.74) is 1.00. The molecule has 3 heterocycles. The van der Waals surface area contributed by atoms with Gasteiger partial charge in [0.1, 0.15) is 0 Å². The van der Waals surface area contributed by atoms with E-state index in [0.717, 1.165) is 35.9 Å². The van der Waals surface area contributed by atoms with E-state index in [1.54, 1.807) is 12.4 Å². The summed E-state index contributed by atoms with van der Waals surface area (Å²) in [5, 5.41) is 4.07. The van der Waals surface area contributed by atoms with Gasteiger partial charge in [-0.1, -0.05) is 18.5 Å². The van der Waals surface area contributed by atoms with Crippen LogP contribution in [0.1, 0.15) is 24.8 Å². The van der Waals surface area contributed by atoms with Gasteiger partial charge in [-0.3, -0.25) is 0 Å². The van der Waals surface area contributed by atoms with Crippen molar-refractivity contribution in [3.8, 4) is 11.6 Å². The fourth-order valence-corrected chi connectivity index (χ4v) is 2.20. The second-order valence-electron chi connectivity index (χ2n) is 4.78. The molecule has 20 heavy (non-hydrogen) atoms. The Balaban J connectivity index is 1.85. The van der Waals surface area contributed by atoms with Gasteiger partial charge < -0.3 is 13.7 Å². The van der Waals surface area contributed by atoms with Gasteiger partial charge in [0.15, 0.2) is 17.4 Å². The molecule has 0 aliphatic heterocycles. The van der Waals surface area contributed by atoms with Crippen LogP contribution in [-0.4, -0.2) is 24.3 Å². The molecule has 3 rings (SSSR count). The third kappa shape index (κ3) is 2.36. The fraction of sp³-hybridized carbons (Fsp3) is 0.357. The number of aromatic nitrogens is 5. The number of aryl methyl sites for hydroxylation is 2. The van der Waals surface area contributed by atoms with Crippen LogP contribution in [0.3, 0.4) is 0 Å². The molecule has 0 aromatic carbocycles. The molecule has 0 N–H and O–H groups in total. The van der Waals surface area contributed by atoms with Gasteiger partial charge in [0, 0.05) is 37.9 Å². The average Bonchev–Trinajstić information content (AvgIpc) is 3.13. The summed E-state index contributed by atoms with van der Waals surface area (Å²) in [6.07, 6.45) is 9.37. The van der Waals surface area contributed by atoms with Gasteiger partial charge in [0.05, 0.1) is 12.2 Å². The molecule has 0 saturated heterocycles. The first-order valence-corrected chi connectivity index (χ1v) is 6.71. The first kappa shape index (κ1) is 12.7. The lowest BCUT2D eigenvalue weighted by atomic mass is 10.2. The van der Waals surface area contributed by atoms with Gasteiger partial charge in [-0.25, -0.2) is 9.97 Å². The number of hydrogen-bond acceptors (Lipinski definition) is 4. The SMILES string of the molecule is CCCc1cc(Cn2ccnc2-c2nccn2C)on1. The standard InChI is InChI=1S/C14H17N5O/c1-3-4-11-9-12(20-17-11)10-19-8-6-16-14(19)13-15-5-7-18(13)2/h5-9H,3-4,10H2,1-2H3. The normalized spacial score (nSPS) is 11.1. The molecule has 0 radical (unpaired) electrons. The smallest absolute Gasteiger partial charge is 0.176 e. The average molecular weight is 271 g/mol. The molecular formula is C14H17N5O. The summed E-state index contributed by atoms with van der Waals surface area (Å²) >= 11 is 0. The summed E-state index contributed by atoms with van der Waals surface area (Å²) in [6, 6.07) is 2.01. The van der Waals surface area contributed by atoms with Gasteiger partial charge in [-0.2, -0.15) is 0 Å². The van der Waals surface area contributed by atoms with Crippen LogP contribution < -0.4 is 0 Å². The highest BCUT2D eigenvalue weighted by Crippen LogP contribution is 2.16. The summed E-state index contributed by atoms with van der Waals surface area (Å²) < 4.78 is 9.33. The van der Waals surface area contributed by atoms with Crippen molar-refractivity contribution in [1.82, 2.24) is 24.3 Å². The fourth-order valence-electron chi connectivity index (χ4n) is 2.20. The first-order chi connectivity index (χ1) is 9.78. The predicted molar refractivity (Wildman–Crippen MR) is 74.0 cm³/mol. The minimum atomic E-state index is 0.610. The van der Waals surface area contributed by atoms with Gasteiger partial charge in [0.25, 0.3) is 0 Å². The zero-order chi connectivity index (χ0) is 13.9. The van der Waals surface area contributed by atoms with Crippen molar-refractivity contribution >= 4 is 0 Å². The van der Waals surface area contributed by atoms with Gasteiger partial charge in [-0.05, 0) is 6.42 Å². The second kappa shape index (κ2) is 5.32. The van der Waals surface area contributed by atoms with E-state index in [0.29, 0.717) is 6.54 Å². The quantitative estimate of drug-likeness (QED) is 0.714. The summed E-state index contributed by atoms with van der Waals surface area (Å²) in [6.45, 7) is 2.74. The Bertz CT molecular complexity index is 694. The van der Waals surface area contributed by atoms with Gasteiger partial charge in [0.2, 0.25) is 0 Å². The number of nitrogens with zero attached hydrogens (tertiary/aromatic N) is 5. The van der Waals surface area contributed by atoms with Crippen LogP contribution in [0.25, 0.3) is 11.6 Å². The molecule has 0 aliphatic carbocycles. The van der Waals surface area contributed by atoms with Crippen LogP contribution >= 0.6 is 0 Å². The van der Waals surface area contributed by atoms with E-state index < -0.39 is 0 Å².